The Morgan fingerprint density at radius 1 is 1.73 bits per heavy atom. The lowest BCUT2D eigenvalue weighted by Crippen LogP contribution is -2.07. The van der Waals surface area contributed by atoms with E-state index in [1.54, 1.807) is 0 Å². The number of aryl methyl sites for hydroxylation is 1. The first-order chi connectivity index (χ1) is 5.20. The summed E-state index contributed by atoms with van der Waals surface area (Å²) in [4.78, 5) is 20.8. The topological polar surface area (TPSA) is 83.3 Å². The fraction of sp³-hybridized carbons (Fsp3) is 0.333. The molecule has 0 saturated heterocycles. The second-order valence-electron chi connectivity index (χ2n) is 2.09. The number of aliphatic carboxylic acids is 1. The monoisotopic (exact) mass is 157 g/mol. The van der Waals surface area contributed by atoms with Crippen molar-refractivity contribution in [3.63, 3.8) is 0 Å². The Balaban J connectivity index is 2.58. The van der Waals surface area contributed by atoms with E-state index in [0.717, 1.165) is 0 Å². The summed E-state index contributed by atoms with van der Waals surface area (Å²) < 4.78 is 4.45. The zero-order chi connectivity index (χ0) is 8.27. The molecule has 2 N–H and O–H groups in total. The molecule has 0 saturated carbocycles. The minimum atomic E-state index is -0.925. The first-order valence-corrected chi connectivity index (χ1v) is 3.07. The molecule has 1 heterocycles. The second kappa shape index (κ2) is 3.05. The Bertz CT molecular complexity index is 298. The van der Waals surface area contributed by atoms with E-state index in [9.17, 15) is 9.59 Å². The van der Waals surface area contributed by atoms with Gasteiger partial charge < -0.3 is 9.63 Å². The molecule has 0 radical (unpaired) electrons. The van der Waals surface area contributed by atoms with Gasteiger partial charge in [-0.25, -0.2) is 0 Å². The van der Waals surface area contributed by atoms with Gasteiger partial charge in [-0.15, -0.1) is 0 Å². The number of aromatic amines is 1. The van der Waals surface area contributed by atoms with Gasteiger partial charge in [0.2, 0.25) is 0 Å². The number of hydrogen-bond acceptors (Lipinski definition) is 3. The molecule has 5 nitrogen and oxygen atoms in total. The van der Waals surface area contributed by atoms with Gasteiger partial charge >= 0.3 is 5.97 Å². The first-order valence-electron chi connectivity index (χ1n) is 3.07. The quantitative estimate of drug-likeness (QED) is 0.646. The third-order valence-electron chi connectivity index (χ3n) is 1.25. The number of carboxylic acid groups (broad SMARTS) is 1. The van der Waals surface area contributed by atoms with E-state index in [2.05, 4.69) is 9.68 Å². The molecule has 0 aromatic carbocycles. The predicted molar refractivity (Wildman–Crippen MR) is 35.3 cm³/mol. The van der Waals surface area contributed by atoms with Crippen molar-refractivity contribution in [2.75, 3.05) is 0 Å². The van der Waals surface area contributed by atoms with Crippen LogP contribution in [0.3, 0.4) is 0 Å². The first kappa shape index (κ1) is 7.59. The summed E-state index contributed by atoms with van der Waals surface area (Å²) in [5.41, 5.74) is 0.0126. The van der Waals surface area contributed by atoms with Crippen molar-refractivity contribution in [1.82, 2.24) is 5.16 Å². The third-order valence-corrected chi connectivity index (χ3v) is 1.25. The number of H-pyrrole nitrogens is 1. The summed E-state index contributed by atoms with van der Waals surface area (Å²) in [5, 5.41) is 10.3. The zero-order valence-electron chi connectivity index (χ0n) is 5.66. The van der Waals surface area contributed by atoms with Gasteiger partial charge in [0, 0.05) is 6.42 Å². The van der Waals surface area contributed by atoms with Crippen molar-refractivity contribution in [3.8, 4) is 0 Å². The van der Waals surface area contributed by atoms with Gasteiger partial charge in [0.25, 0.3) is 5.56 Å². The number of rotatable bonds is 3. The number of aromatic nitrogens is 1. The van der Waals surface area contributed by atoms with Crippen LogP contribution in [0.2, 0.25) is 0 Å². The van der Waals surface area contributed by atoms with Crippen molar-refractivity contribution < 1.29 is 14.4 Å². The van der Waals surface area contributed by atoms with Crippen molar-refractivity contribution >= 4 is 5.97 Å². The molecule has 1 aromatic heterocycles. The van der Waals surface area contributed by atoms with Crippen LogP contribution in [0.25, 0.3) is 0 Å². The number of hydrogen-bond donors (Lipinski definition) is 2. The number of carboxylic acids is 1. The van der Waals surface area contributed by atoms with Gasteiger partial charge in [-0.2, -0.15) is 5.16 Å². The van der Waals surface area contributed by atoms with E-state index < -0.39 is 5.97 Å². The van der Waals surface area contributed by atoms with Crippen LogP contribution < -0.4 is 5.56 Å². The van der Waals surface area contributed by atoms with Crippen LogP contribution in [-0.4, -0.2) is 16.2 Å². The summed E-state index contributed by atoms with van der Waals surface area (Å²) in [5.74, 6) is -0.925. The van der Waals surface area contributed by atoms with Crippen LogP contribution >= 0.6 is 0 Å². The molecule has 0 aliphatic rings. The fourth-order valence-electron chi connectivity index (χ4n) is 0.687. The van der Waals surface area contributed by atoms with Crippen LogP contribution in [0.15, 0.2) is 15.6 Å². The van der Waals surface area contributed by atoms with E-state index in [1.165, 1.54) is 6.26 Å². The maximum absolute atomic E-state index is 10.7. The Labute approximate surface area is 61.6 Å². The van der Waals surface area contributed by atoms with Gasteiger partial charge in [-0.1, -0.05) is 0 Å². The van der Waals surface area contributed by atoms with Gasteiger partial charge in [0.15, 0.2) is 0 Å². The molecule has 0 spiro atoms. The average Bonchev–Trinajstić information content (AvgIpc) is 2.31. The molecule has 0 aliphatic heterocycles. The number of carbonyl (C=O) groups is 1. The fourth-order valence-corrected chi connectivity index (χ4v) is 0.687. The van der Waals surface area contributed by atoms with Crippen molar-refractivity contribution in [2.24, 2.45) is 0 Å². The highest BCUT2D eigenvalue weighted by atomic mass is 16.5. The third kappa shape index (κ3) is 1.96. The second-order valence-corrected chi connectivity index (χ2v) is 2.09. The van der Waals surface area contributed by atoms with Crippen LogP contribution in [-0.2, 0) is 11.2 Å². The highest BCUT2D eigenvalue weighted by molar-refractivity contribution is 5.66. The highest BCUT2D eigenvalue weighted by Crippen LogP contribution is 1.94. The lowest BCUT2D eigenvalue weighted by atomic mass is 10.2. The average molecular weight is 157 g/mol. The van der Waals surface area contributed by atoms with Gasteiger partial charge in [0.1, 0.15) is 6.26 Å². The van der Waals surface area contributed by atoms with E-state index in [1.807, 2.05) is 0 Å². The van der Waals surface area contributed by atoms with E-state index >= 15 is 0 Å². The maximum atomic E-state index is 10.7. The van der Waals surface area contributed by atoms with E-state index in [-0.39, 0.29) is 18.4 Å². The Hall–Kier alpha value is -1.52. The van der Waals surface area contributed by atoms with Crippen molar-refractivity contribution in [1.29, 1.82) is 0 Å². The molecule has 0 fully saturated rings. The molecule has 5 heteroatoms. The minimum absolute atomic E-state index is 0.0530. The molecule has 1 rings (SSSR count). The van der Waals surface area contributed by atoms with Gasteiger partial charge in [-0.05, 0) is 6.42 Å². The lowest BCUT2D eigenvalue weighted by molar-refractivity contribution is -0.136. The largest absolute Gasteiger partial charge is 0.481 e. The molecule has 60 valence electrons. The summed E-state index contributed by atoms with van der Waals surface area (Å²) in [6.45, 7) is 0. The molecule has 11 heavy (non-hydrogen) atoms. The SMILES string of the molecule is O=C(O)CCc1co[nH]c1=O. The lowest BCUT2D eigenvalue weighted by Gasteiger charge is -1.87. The van der Waals surface area contributed by atoms with E-state index in [0.29, 0.717) is 5.56 Å². The van der Waals surface area contributed by atoms with Crippen LogP contribution in [0.4, 0.5) is 0 Å². The Kier molecular flexibility index (Phi) is 2.10. The van der Waals surface area contributed by atoms with Crippen molar-refractivity contribution in [3.05, 3.63) is 22.2 Å². The van der Waals surface area contributed by atoms with Crippen molar-refractivity contribution in [2.45, 2.75) is 12.8 Å². The summed E-state index contributed by atoms with van der Waals surface area (Å²) >= 11 is 0. The van der Waals surface area contributed by atoms with E-state index in [4.69, 9.17) is 5.11 Å². The smallest absolute Gasteiger partial charge is 0.303 e. The van der Waals surface area contributed by atoms with Gasteiger partial charge in [0.05, 0.1) is 5.56 Å². The minimum Gasteiger partial charge on any atom is -0.481 e. The predicted octanol–water partition coefficient (Wildman–Crippen LogP) is -0.0149. The number of nitrogens with one attached hydrogen (secondary N) is 1. The zero-order valence-corrected chi connectivity index (χ0v) is 5.66. The van der Waals surface area contributed by atoms with Crippen LogP contribution in [0.1, 0.15) is 12.0 Å². The Morgan fingerprint density at radius 2 is 2.45 bits per heavy atom. The molecule has 0 aliphatic carbocycles. The summed E-state index contributed by atoms with van der Waals surface area (Å²) in [6.07, 6.45) is 1.38. The van der Waals surface area contributed by atoms with Gasteiger partial charge in [-0.3, -0.25) is 9.59 Å². The molecular weight excluding hydrogens is 150 g/mol. The standard InChI is InChI=1S/C6H7NO4/c8-5(9)2-1-4-3-11-7-6(4)10/h3H,1-2H2,(H,7,10)(H,8,9). The summed E-state index contributed by atoms with van der Waals surface area (Å²) in [7, 11) is 0. The molecule has 1 aromatic rings. The van der Waals surface area contributed by atoms with Crippen LogP contribution in [0, 0.1) is 0 Å². The normalized spacial score (nSPS) is 9.82. The maximum Gasteiger partial charge on any atom is 0.303 e. The highest BCUT2D eigenvalue weighted by Gasteiger charge is 2.04. The molecule has 0 amide bonds. The Morgan fingerprint density at radius 3 is 2.91 bits per heavy atom. The molecule has 0 atom stereocenters. The molecular formula is C6H7NO4. The van der Waals surface area contributed by atoms with Crippen LogP contribution in [0.5, 0.6) is 0 Å². The molecule has 0 bridgehead atoms. The summed E-state index contributed by atoms with van der Waals surface area (Å²) in [6, 6.07) is 0. The molecule has 0 unspecified atom stereocenters.